The largest absolute Gasteiger partial charge is 0.345 e. The van der Waals surface area contributed by atoms with Gasteiger partial charge in [-0.05, 0) is 25.7 Å². The zero-order valence-electron chi connectivity index (χ0n) is 9.29. The Morgan fingerprint density at radius 1 is 1.50 bits per heavy atom. The summed E-state index contributed by atoms with van der Waals surface area (Å²) >= 11 is 0. The number of nitrogens with one attached hydrogen (secondary N) is 1. The van der Waals surface area contributed by atoms with Crippen molar-refractivity contribution in [2.75, 3.05) is 20.1 Å². The summed E-state index contributed by atoms with van der Waals surface area (Å²) in [5, 5.41) is 0. The Morgan fingerprint density at radius 3 is 2.64 bits per heavy atom. The van der Waals surface area contributed by atoms with E-state index in [-0.39, 0.29) is 0 Å². The van der Waals surface area contributed by atoms with Crippen LogP contribution in [0.25, 0.3) is 0 Å². The maximum atomic E-state index is 5.41. The quantitative estimate of drug-likeness (QED) is 0.307. The molecule has 0 spiro atoms. The van der Waals surface area contributed by atoms with Crippen LogP contribution in [0.15, 0.2) is 4.99 Å². The maximum Gasteiger partial charge on any atom is 0.208 e. The Balaban J connectivity index is 2.38. The highest BCUT2D eigenvalue weighted by Crippen LogP contribution is 2.24. The van der Waals surface area contributed by atoms with Crippen molar-refractivity contribution in [2.45, 2.75) is 32.6 Å². The third kappa shape index (κ3) is 3.18. The fourth-order valence-corrected chi connectivity index (χ4v) is 2.09. The fraction of sp³-hybridized carbons (Fsp3) is 0.900. The van der Waals surface area contributed by atoms with E-state index in [1.165, 1.54) is 25.7 Å². The summed E-state index contributed by atoms with van der Waals surface area (Å²) in [6.07, 6.45) is 5.48. The van der Waals surface area contributed by atoms with E-state index < -0.39 is 0 Å². The Labute approximate surface area is 86.5 Å². The van der Waals surface area contributed by atoms with Crippen LogP contribution in [0.2, 0.25) is 0 Å². The summed E-state index contributed by atoms with van der Waals surface area (Å²) < 4.78 is 0. The molecule has 0 aromatic rings. The summed E-state index contributed by atoms with van der Waals surface area (Å²) in [6.45, 7) is 3.86. The van der Waals surface area contributed by atoms with Gasteiger partial charge in [-0.25, -0.2) is 5.84 Å². The maximum absolute atomic E-state index is 5.41. The molecule has 0 amide bonds. The van der Waals surface area contributed by atoms with Crippen molar-refractivity contribution in [3.63, 3.8) is 0 Å². The van der Waals surface area contributed by atoms with Crippen LogP contribution in [0.5, 0.6) is 0 Å². The zero-order chi connectivity index (χ0) is 10.4. The van der Waals surface area contributed by atoms with Crippen LogP contribution in [0, 0.1) is 5.92 Å². The van der Waals surface area contributed by atoms with Crippen LogP contribution in [0.4, 0.5) is 0 Å². The smallest absolute Gasteiger partial charge is 0.208 e. The van der Waals surface area contributed by atoms with Gasteiger partial charge in [0.15, 0.2) is 0 Å². The first-order valence-corrected chi connectivity index (χ1v) is 5.50. The van der Waals surface area contributed by atoms with E-state index in [0.29, 0.717) is 0 Å². The summed E-state index contributed by atoms with van der Waals surface area (Å²) in [5.74, 6) is 7.05. The summed E-state index contributed by atoms with van der Waals surface area (Å²) in [4.78, 5) is 6.42. The van der Waals surface area contributed by atoms with Gasteiger partial charge in [0.25, 0.3) is 0 Å². The molecule has 82 valence electrons. The Hall–Kier alpha value is -0.770. The molecule has 0 heterocycles. The first kappa shape index (κ1) is 11.3. The first-order chi connectivity index (χ1) is 6.77. The molecule has 4 heteroatoms. The molecule has 0 radical (unpaired) electrons. The number of nitrogens with two attached hydrogens (primary N) is 1. The molecule has 0 aliphatic heterocycles. The van der Waals surface area contributed by atoms with E-state index in [1.807, 2.05) is 14.0 Å². The van der Waals surface area contributed by atoms with Gasteiger partial charge in [-0.1, -0.05) is 12.8 Å². The third-order valence-corrected chi connectivity index (χ3v) is 2.81. The minimum Gasteiger partial charge on any atom is -0.345 e. The van der Waals surface area contributed by atoms with Crippen LogP contribution in [-0.4, -0.2) is 31.0 Å². The number of hydrogen-bond donors (Lipinski definition) is 2. The van der Waals surface area contributed by atoms with Crippen LogP contribution in [0.1, 0.15) is 32.6 Å². The van der Waals surface area contributed by atoms with E-state index in [1.54, 1.807) is 0 Å². The van der Waals surface area contributed by atoms with Crippen molar-refractivity contribution in [2.24, 2.45) is 16.8 Å². The predicted octanol–water partition coefficient (Wildman–Crippen LogP) is 0.948. The zero-order valence-corrected chi connectivity index (χ0v) is 9.29. The van der Waals surface area contributed by atoms with E-state index in [2.05, 4.69) is 15.3 Å². The average molecular weight is 198 g/mol. The van der Waals surface area contributed by atoms with Gasteiger partial charge in [0, 0.05) is 20.1 Å². The van der Waals surface area contributed by atoms with Crippen molar-refractivity contribution in [3.8, 4) is 0 Å². The van der Waals surface area contributed by atoms with Crippen molar-refractivity contribution in [3.05, 3.63) is 0 Å². The molecule has 1 rings (SSSR count). The molecule has 0 aromatic carbocycles. The molecular formula is C10H22N4. The lowest BCUT2D eigenvalue weighted by atomic mass is 10.1. The minimum absolute atomic E-state index is 0.772. The second-order valence-corrected chi connectivity index (χ2v) is 3.97. The van der Waals surface area contributed by atoms with Gasteiger partial charge in [0.1, 0.15) is 0 Å². The van der Waals surface area contributed by atoms with Crippen molar-refractivity contribution in [1.82, 2.24) is 10.3 Å². The fourth-order valence-electron chi connectivity index (χ4n) is 2.09. The topological polar surface area (TPSA) is 53.6 Å². The number of rotatable bonds is 3. The number of guanidine groups is 1. The van der Waals surface area contributed by atoms with Crippen LogP contribution >= 0.6 is 0 Å². The minimum atomic E-state index is 0.772. The molecule has 1 fully saturated rings. The van der Waals surface area contributed by atoms with Crippen LogP contribution < -0.4 is 11.3 Å². The average Bonchev–Trinajstić information content (AvgIpc) is 2.66. The second-order valence-electron chi connectivity index (χ2n) is 3.97. The molecule has 0 unspecified atom stereocenters. The Bertz CT molecular complexity index is 185. The predicted molar refractivity (Wildman–Crippen MR) is 59.9 cm³/mol. The van der Waals surface area contributed by atoms with Gasteiger partial charge in [-0.15, -0.1) is 0 Å². The molecule has 4 nitrogen and oxygen atoms in total. The highest BCUT2D eigenvalue weighted by Gasteiger charge is 2.17. The molecule has 1 saturated carbocycles. The van der Waals surface area contributed by atoms with Crippen molar-refractivity contribution >= 4 is 5.96 Å². The van der Waals surface area contributed by atoms with Gasteiger partial charge in [0.2, 0.25) is 5.96 Å². The molecule has 0 saturated heterocycles. The van der Waals surface area contributed by atoms with Crippen LogP contribution in [0.3, 0.4) is 0 Å². The SMILES string of the molecule is CCN=C(NN)N(C)CC1CCCC1. The highest BCUT2D eigenvalue weighted by molar-refractivity contribution is 5.79. The lowest BCUT2D eigenvalue weighted by Crippen LogP contribution is -2.44. The Kier molecular flexibility index (Phi) is 4.73. The standard InChI is InChI=1S/C10H22N4/c1-3-12-10(13-11)14(2)8-9-6-4-5-7-9/h9H,3-8,11H2,1-2H3,(H,12,13). The van der Waals surface area contributed by atoms with E-state index in [0.717, 1.165) is 25.0 Å². The van der Waals surface area contributed by atoms with Gasteiger partial charge in [-0.3, -0.25) is 10.4 Å². The molecular weight excluding hydrogens is 176 g/mol. The lowest BCUT2D eigenvalue weighted by Gasteiger charge is -2.23. The monoisotopic (exact) mass is 198 g/mol. The van der Waals surface area contributed by atoms with Gasteiger partial charge in [0.05, 0.1) is 0 Å². The molecule has 14 heavy (non-hydrogen) atoms. The molecule has 3 N–H and O–H groups in total. The number of nitrogens with zero attached hydrogens (tertiary/aromatic N) is 2. The summed E-state index contributed by atoms with van der Waals surface area (Å²) in [5.41, 5.74) is 2.65. The third-order valence-electron chi connectivity index (χ3n) is 2.81. The summed E-state index contributed by atoms with van der Waals surface area (Å²) in [7, 11) is 2.05. The highest BCUT2D eigenvalue weighted by atomic mass is 15.4. The van der Waals surface area contributed by atoms with Gasteiger partial charge >= 0.3 is 0 Å². The lowest BCUT2D eigenvalue weighted by molar-refractivity contribution is 0.378. The molecule has 0 bridgehead atoms. The van der Waals surface area contributed by atoms with Crippen molar-refractivity contribution in [1.29, 1.82) is 0 Å². The van der Waals surface area contributed by atoms with E-state index >= 15 is 0 Å². The number of hydrazine groups is 1. The normalized spacial score (nSPS) is 18.6. The second kappa shape index (κ2) is 5.86. The molecule has 0 aromatic heterocycles. The van der Waals surface area contributed by atoms with Gasteiger partial charge in [-0.2, -0.15) is 0 Å². The molecule has 1 aliphatic carbocycles. The Morgan fingerprint density at radius 2 is 2.14 bits per heavy atom. The number of hydrogen-bond acceptors (Lipinski definition) is 2. The first-order valence-electron chi connectivity index (χ1n) is 5.50. The van der Waals surface area contributed by atoms with Crippen LogP contribution in [-0.2, 0) is 0 Å². The number of aliphatic imine (C=N–C) groups is 1. The van der Waals surface area contributed by atoms with Gasteiger partial charge < -0.3 is 4.90 Å². The molecule has 0 atom stereocenters. The van der Waals surface area contributed by atoms with E-state index in [4.69, 9.17) is 5.84 Å². The van der Waals surface area contributed by atoms with E-state index in [9.17, 15) is 0 Å². The van der Waals surface area contributed by atoms with Crippen molar-refractivity contribution < 1.29 is 0 Å². The summed E-state index contributed by atoms with van der Waals surface area (Å²) in [6, 6.07) is 0. The molecule has 1 aliphatic rings.